The van der Waals surface area contributed by atoms with Crippen molar-refractivity contribution >= 4 is 5.97 Å². The van der Waals surface area contributed by atoms with Gasteiger partial charge in [-0.1, -0.05) is 31.4 Å². The van der Waals surface area contributed by atoms with Crippen LogP contribution in [0.25, 0.3) is 0 Å². The molecule has 0 aromatic rings. The molecule has 0 aliphatic carbocycles. The smallest absolute Gasteiger partial charge is 0.330 e. The second-order valence-electron chi connectivity index (χ2n) is 2.69. The van der Waals surface area contributed by atoms with Gasteiger partial charge in [0.1, 0.15) is 0 Å². The lowest BCUT2D eigenvalue weighted by atomic mass is 10.1. The molecule has 0 saturated heterocycles. The van der Waals surface area contributed by atoms with Crippen LogP contribution >= 0.6 is 0 Å². The second kappa shape index (κ2) is 7.35. The van der Waals surface area contributed by atoms with Gasteiger partial charge in [-0.05, 0) is 19.3 Å². The minimum absolute atomic E-state index is 0.359. The first kappa shape index (κ1) is 11.7. The first-order valence-corrected chi connectivity index (χ1v) is 4.30. The standard InChI is InChI=1S/C11H16O2/c1-4-10(3)8-6-7-9-13-11(12)5-2/h4-5H,1-3,6-9H2. The van der Waals surface area contributed by atoms with Gasteiger partial charge in [-0.15, -0.1) is 0 Å². The van der Waals surface area contributed by atoms with E-state index in [0.29, 0.717) is 6.61 Å². The van der Waals surface area contributed by atoms with Crippen molar-refractivity contribution in [2.24, 2.45) is 0 Å². The lowest BCUT2D eigenvalue weighted by molar-refractivity contribution is -0.137. The molecule has 0 amide bonds. The fraction of sp³-hybridized carbons (Fsp3) is 0.364. The van der Waals surface area contributed by atoms with Crippen molar-refractivity contribution in [1.29, 1.82) is 0 Å². The van der Waals surface area contributed by atoms with Gasteiger partial charge in [0.2, 0.25) is 0 Å². The van der Waals surface area contributed by atoms with Gasteiger partial charge in [0.25, 0.3) is 0 Å². The molecule has 0 spiro atoms. The average Bonchev–Trinajstić information content (AvgIpc) is 2.16. The molecule has 0 aromatic heterocycles. The highest BCUT2D eigenvalue weighted by molar-refractivity contribution is 5.81. The maximum absolute atomic E-state index is 10.6. The van der Waals surface area contributed by atoms with E-state index in [0.717, 1.165) is 24.8 Å². The van der Waals surface area contributed by atoms with Gasteiger partial charge in [0.15, 0.2) is 0 Å². The summed E-state index contributed by atoms with van der Waals surface area (Å²) < 4.78 is 4.79. The Hall–Kier alpha value is -1.31. The Morgan fingerprint density at radius 1 is 1.23 bits per heavy atom. The molecule has 13 heavy (non-hydrogen) atoms. The van der Waals surface area contributed by atoms with E-state index in [1.54, 1.807) is 6.08 Å². The summed E-state index contributed by atoms with van der Waals surface area (Å²) in [6.45, 7) is 11.1. The molecule has 2 heteroatoms. The number of unbranched alkanes of at least 4 members (excludes halogenated alkanes) is 1. The Balaban J connectivity index is 3.26. The Bertz CT molecular complexity index is 182. The molecule has 0 rings (SSSR count). The molecule has 0 saturated carbocycles. The molecular formula is C11H16O2. The third-order valence-electron chi connectivity index (χ3n) is 1.59. The summed E-state index contributed by atoms with van der Waals surface area (Å²) in [7, 11) is 0. The van der Waals surface area contributed by atoms with Crippen LogP contribution < -0.4 is 0 Å². The molecule has 0 unspecified atom stereocenters. The fourth-order valence-corrected chi connectivity index (χ4v) is 0.788. The third-order valence-corrected chi connectivity index (χ3v) is 1.59. The van der Waals surface area contributed by atoms with Gasteiger partial charge in [-0.25, -0.2) is 4.79 Å². The molecule has 0 aromatic carbocycles. The summed E-state index contributed by atoms with van der Waals surface area (Å²) in [4.78, 5) is 10.6. The maximum atomic E-state index is 10.6. The molecule has 72 valence electrons. The van der Waals surface area contributed by atoms with Gasteiger partial charge < -0.3 is 4.74 Å². The third kappa shape index (κ3) is 7.06. The van der Waals surface area contributed by atoms with Crippen LogP contribution in [0, 0.1) is 0 Å². The molecule has 0 atom stereocenters. The van der Waals surface area contributed by atoms with Crippen LogP contribution in [0.2, 0.25) is 0 Å². The molecule has 2 nitrogen and oxygen atoms in total. The van der Waals surface area contributed by atoms with Crippen LogP contribution in [0.1, 0.15) is 19.3 Å². The number of esters is 1. The largest absolute Gasteiger partial charge is 0.463 e. The zero-order chi connectivity index (χ0) is 10.1. The highest BCUT2D eigenvalue weighted by atomic mass is 16.5. The highest BCUT2D eigenvalue weighted by Crippen LogP contribution is 2.05. The van der Waals surface area contributed by atoms with Crippen LogP contribution in [0.4, 0.5) is 0 Å². The summed E-state index contributed by atoms with van der Waals surface area (Å²) in [6, 6.07) is 0. The number of carbonyl (C=O) groups excluding carboxylic acids is 1. The summed E-state index contributed by atoms with van der Waals surface area (Å²) in [5, 5.41) is 0. The van der Waals surface area contributed by atoms with E-state index in [9.17, 15) is 4.79 Å². The average molecular weight is 180 g/mol. The van der Waals surface area contributed by atoms with E-state index in [2.05, 4.69) is 19.7 Å². The predicted molar refractivity (Wildman–Crippen MR) is 54.3 cm³/mol. The quantitative estimate of drug-likeness (QED) is 0.260. The van der Waals surface area contributed by atoms with E-state index in [1.165, 1.54) is 6.08 Å². The van der Waals surface area contributed by atoms with Crippen molar-refractivity contribution in [3.63, 3.8) is 0 Å². The molecule has 0 aliphatic rings. The van der Waals surface area contributed by atoms with Crippen molar-refractivity contribution in [2.75, 3.05) is 6.61 Å². The Kier molecular flexibility index (Phi) is 6.60. The SMILES string of the molecule is C=CC(=C)CCCCOC(=O)C=C. The van der Waals surface area contributed by atoms with Crippen LogP contribution in [-0.2, 0) is 9.53 Å². The molecular weight excluding hydrogens is 164 g/mol. The van der Waals surface area contributed by atoms with E-state index < -0.39 is 0 Å². The number of rotatable bonds is 7. The molecule has 0 radical (unpaired) electrons. The molecule has 0 heterocycles. The van der Waals surface area contributed by atoms with Crippen molar-refractivity contribution in [1.82, 2.24) is 0 Å². The van der Waals surface area contributed by atoms with Crippen LogP contribution in [0.3, 0.4) is 0 Å². The van der Waals surface area contributed by atoms with E-state index >= 15 is 0 Å². The molecule has 0 bridgehead atoms. The van der Waals surface area contributed by atoms with Crippen molar-refractivity contribution in [3.05, 3.63) is 37.5 Å². The van der Waals surface area contributed by atoms with E-state index in [1.807, 2.05) is 0 Å². The molecule has 0 aliphatic heterocycles. The highest BCUT2D eigenvalue weighted by Gasteiger charge is 1.95. The summed E-state index contributed by atoms with van der Waals surface area (Å²) in [5.74, 6) is -0.359. The topological polar surface area (TPSA) is 26.3 Å². The summed E-state index contributed by atoms with van der Waals surface area (Å²) in [5.41, 5.74) is 1.02. The number of carbonyl (C=O) groups is 1. The monoisotopic (exact) mass is 180 g/mol. The van der Waals surface area contributed by atoms with Gasteiger partial charge in [-0.2, -0.15) is 0 Å². The summed E-state index contributed by atoms with van der Waals surface area (Å²) >= 11 is 0. The number of hydrogen-bond donors (Lipinski definition) is 0. The van der Waals surface area contributed by atoms with Gasteiger partial charge >= 0.3 is 5.97 Å². The van der Waals surface area contributed by atoms with Crippen LogP contribution in [0.5, 0.6) is 0 Å². The minimum atomic E-state index is -0.359. The minimum Gasteiger partial charge on any atom is -0.463 e. The predicted octanol–water partition coefficient (Wildman–Crippen LogP) is 2.63. The Labute approximate surface area is 79.6 Å². The number of hydrogen-bond acceptors (Lipinski definition) is 2. The van der Waals surface area contributed by atoms with Crippen LogP contribution in [0.15, 0.2) is 37.5 Å². The fourth-order valence-electron chi connectivity index (χ4n) is 0.788. The maximum Gasteiger partial charge on any atom is 0.330 e. The van der Waals surface area contributed by atoms with E-state index in [-0.39, 0.29) is 5.97 Å². The summed E-state index contributed by atoms with van der Waals surface area (Å²) in [6.07, 6.45) is 5.65. The van der Waals surface area contributed by atoms with E-state index in [4.69, 9.17) is 4.74 Å². The number of allylic oxidation sites excluding steroid dienone is 2. The van der Waals surface area contributed by atoms with Crippen LogP contribution in [-0.4, -0.2) is 12.6 Å². The van der Waals surface area contributed by atoms with Crippen molar-refractivity contribution < 1.29 is 9.53 Å². The first-order chi connectivity index (χ1) is 6.20. The van der Waals surface area contributed by atoms with Gasteiger partial charge in [0.05, 0.1) is 6.61 Å². The van der Waals surface area contributed by atoms with Gasteiger partial charge in [-0.3, -0.25) is 0 Å². The molecule has 0 fully saturated rings. The zero-order valence-corrected chi connectivity index (χ0v) is 7.92. The molecule has 0 N–H and O–H groups in total. The first-order valence-electron chi connectivity index (χ1n) is 4.30. The lowest BCUT2D eigenvalue weighted by Gasteiger charge is -2.01. The Morgan fingerprint density at radius 3 is 2.46 bits per heavy atom. The van der Waals surface area contributed by atoms with Gasteiger partial charge in [0, 0.05) is 6.08 Å². The normalized spacial score (nSPS) is 8.92. The lowest BCUT2D eigenvalue weighted by Crippen LogP contribution is -2.01. The Morgan fingerprint density at radius 2 is 1.92 bits per heavy atom. The van der Waals surface area contributed by atoms with Crippen molar-refractivity contribution in [2.45, 2.75) is 19.3 Å². The van der Waals surface area contributed by atoms with Crippen molar-refractivity contribution in [3.8, 4) is 0 Å². The number of ether oxygens (including phenoxy) is 1. The second-order valence-corrected chi connectivity index (χ2v) is 2.69. The zero-order valence-electron chi connectivity index (χ0n) is 7.92.